The van der Waals surface area contributed by atoms with E-state index in [1.807, 2.05) is 7.11 Å². The molecule has 2 atom stereocenters. The Hall–Kier alpha value is -0.120. The van der Waals surface area contributed by atoms with E-state index in [1.165, 1.54) is 32.1 Å². The Morgan fingerprint density at radius 2 is 2.00 bits per heavy atom. The van der Waals surface area contributed by atoms with E-state index in [4.69, 9.17) is 9.47 Å². The van der Waals surface area contributed by atoms with Crippen LogP contribution in [-0.2, 0) is 9.47 Å². The number of hydrogen-bond donors (Lipinski definition) is 1. The van der Waals surface area contributed by atoms with Crippen LogP contribution in [0.15, 0.2) is 0 Å². The first-order chi connectivity index (χ1) is 7.36. The number of nitrogens with one attached hydrogen (secondary N) is 1. The molecule has 0 aromatic carbocycles. The topological polar surface area (TPSA) is 30.5 Å². The Morgan fingerprint density at radius 3 is 2.67 bits per heavy atom. The Morgan fingerprint density at radius 1 is 1.20 bits per heavy atom. The lowest BCUT2D eigenvalue weighted by Gasteiger charge is -2.37. The fourth-order valence-electron chi connectivity index (χ4n) is 2.88. The molecule has 0 bridgehead atoms. The summed E-state index contributed by atoms with van der Waals surface area (Å²) in [6.45, 7) is 0.958. The molecular formula is C12H21NO2. The van der Waals surface area contributed by atoms with E-state index in [0.29, 0.717) is 24.3 Å². The Labute approximate surface area is 91.5 Å². The fourth-order valence-corrected chi connectivity index (χ4v) is 2.88. The van der Waals surface area contributed by atoms with Crippen molar-refractivity contribution in [3.05, 3.63) is 0 Å². The molecule has 15 heavy (non-hydrogen) atoms. The summed E-state index contributed by atoms with van der Waals surface area (Å²) in [5.41, 5.74) is 0. The predicted molar refractivity (Wildman–Crippen MR) is 57.8 cm³/mol. The first-order valence-corrected chi connectivity index (χ1v) is 6.27. The summed E-state index contributed by atoms with van der Waals surface area (Å²) in [7, 11) is 1.81. The lowest BCUT2D eigenvalue weighted by atomic mass is 9.88. The van der Waals surface area contributed by atoms with Gasteiger partial charge in [0, 0.05) is 25.8 Å². The van der Waals surface area contributed by atoms with Crippen molar-refractivity contribution in [1.29, 1.82) is 0 Å². The SMILES string of the molecule is COC1CC(NC2CCOC2C2CC2)C1. The van der Waals surface area contributed by atoms with Crippen molar-refractivity contribution in [2.75, 3.05) is 13.7 Å². The smallest absolute Gasteiger partial charge is 0.0757 e. The number of methoxy groups -OCH3 is 1. The zero-order valence-corrected chi connectivity index (χ0v) is 9.45. The van der Waals surface area contributed by atoms with Crippen molar-refractivity contribution in [1.82, 2.24) is 5.32 Å². The summed E-state index contributed by atoms with van der Waals surface area (Å²) in [4.78, 5) is 0. The molecule has 0 spiro atoms. The van der Waals surface area contributed by atoms with Crippen molar-refractivity contribution < 1.29 is 9.47 Å². The van der Waals surface area contributed by atoms with E-state index in [0.717, 1.165) is 12.5 Å². The van der Waals surface area contributed by atoms with E-state index in [-0.39, 0.29) is 0 Å². The van der Waals surface area contributed by atoms with Crippen LogP contribution in [0.25, 0.3) is 0 Å². The van der Waals surface area contributed by atoms with Gasteiger partial charge in [0.1, 0.15) is 0 Å². The van der Waals surface area contributed by atoms with Gasteiger partial charge in [-0.2, -0.15) is 0 Å². The molecule has 1 heterocycles. The third kappa shape index (κ3) is 2.05. The van der Waals surface area contributed by atoms with Gasteiger partial charge in [0.2, 0.25) is 0 Å². The van der Waals surface area contributed by atoms with Gasteiger partial charge in [-0.25, -0.2) is 0 Å². The van der Waals surface area contributed by atoms with Crippen LogP contribution in [0, 0.1) is 5.92 Å². The van der Waals surface area contributed by atoms with Crippen LogP contribution < -0.4 is 5.32 Å². The number of rotatable bonds is 4. The van der Waals surface area contributed by atoms with Crippen LogP contribution in [0.5, 0.6) is 0 Å². The molecule has 3 fully saturated rings. The van der Waals surface area contributed by atoms with Gasteiger partial charge in [-0.3, -0.25) is 0 Å². The summed E-state index contributed by atoms with van der Waals surface area (Å²) in [6, 6.07) is 1.31. The van der Waals surface area contributed by atoms with Crippen molar-refractivity contribution >= 4 is 0 Å². The first-order valence-electron chi connectivity index (χ1n) is 6.27. The summed E-state index contributed by atoms with van der Waals surface area (Å²) < 4.78 is 11.1. The Balaban J connectivity index is 1.46. The van der Waals surface area contributed by atoms with E-state index >= 15 is 0 Å². The van der Waals surface area contributed by atoms with Gasteiger partial charge < -0.3 is 14.8 Å². The van der Waals surface area contributed by atoms with E-state index < -0.39 is 0 Å². The van der Waals surface area contributed by atoms with Crippen molar-refractivity contribution in [2.24, 2.45) is 5.92 Å². The number of hydrogen-bond acceptors (Lipinski definition) is 3. The standard InChI is InChI=1S/C12H21NO2/c1-14-10-6-9(7-10)13-11-4-5-15-12(11)8-2-3-8/h8-13H,2-7H2,1H3. The van der Waals surface area contributed by atoms with Gasteiger partial charge in [-0.15, -0.1) is 0 Å². The first kappa shape index (κ1) is 10.1. The van der Waals surface area contributed by atoms with Crippen LogP contribution in [-0.4, -0.2) is 38.0 Å². The fraction of sp³-hybridized carbons (Fsp3) is 1.00. The summed E-state index contributed by atoms with van der Waals surface area (Å²) in [6.07, 6.45) is 7.36. The molecule has 0 aromatic heterocycles. The van der Waals surface area contributed by atoms with Crippen molar-refractivity contribution in [2.45, 2.75) is 56.4 Å². The molecule has 3 heteroatoms. The highest BCUT2D eigenvalue weighted by atomic mass is 16.5. The predicted octanol–water partition coefficient (Wildman–Crippen LogP) is 1.32. The molecule has 2 unspecified atom stereocenters. The maximum atomic E-state index is 5.82. The molecule has 2 aliphatic carbocycles. The molecule has 0 amide bonds. The molecule has 2 saturated carbocycles. The highest BCUT2D eigenvalue weighted by molar-refractivity contribution is 4.97. The second-order valence-corrected chi connectivity index (χ2v) is 5.26. The molecule has 1 saturated heterocycles. The third-order valence-electron chi connectivity index (χ3n) is 4.10. The quantitative estimate of drug-likeness (QED) is 0.761. The highest BCUT2D eigenvalue weighted by Crippen LogP contribution is 2.39. The van der Waals surface area contributed by atoms with Crippen molar-refractivity contribution in [3.63, 3.8) is 0 Å². The van der Waals surface area contributed by atoms with Crippen LogP contribution in [0.3, 0.4) is 0 Å². The van der Waals surface area contributed by atoms with Gasteiger partial charge in [-0.1, -0.05) is 0 Å². The molecule has 3 aliphatic rings. The third-order valence-corrected chi connectivity index (χ3v) is 4.10. The zero-order chi connectivity index (χ0) is 10.3. The summed E-state index contributed by atoms with van der Waals surface area (Å²) in [5.74, 6) is 0.864. The van der Waals surface area contributed by atoms with Crippen LogP contribution in [0.2, 0.25) is 0 Å². The maximum Gasteiger partial charge on any atom is 0.0757 e. The summed E-state index contributed by atoms with van der Waals surface area (Å²) >= 11 is 0. The minimum atomic E-state index is 0.504. The minimum absolute atomic E-state index is 0.504. The minimum Gasteiger partial charge on any atom is -0.381 e. The molecule has 1 N–H and O–H groups in total. The lowest BCUT2D eigenvalue weighted by molar-refractivity contribution is 0.00780. The largest absolute Gasteiger partial charge is 0.381 e. The molecule has 3 nitrogen and oxygen atoms in total. The molecular weight excluding hydrogens is 190 g/mol. The second kappa shape index (κ2) is 4.04. The molecule has 3 rings (SSSR count). The second-order valence-electron chi connectivity index (χ2n) is 5.26. The van der Waals surface area contributed by atoms with E-state index in [1.54, 1.807) is 0 Å². The van der Waals surface area contributed by atoms with Gasteiger partial charge in [0.05, 0.1) is 12.2 Å². The van der Waals surface area contributed by atoms with Crippen molar-refractivity contribution in [3.8, 4) is 0 Å². The highest BCUT2D eigenvalue weighted by Gasteiger charge is 2.42. The van der Waals surface area contributed by atoms with Gasteiger partial charge >= 0.3 is 0 Å². The van der Waals surface area contributed by atoms with Crippen LogP contribution in [0.1, 0.15) is 32.1 Å². The molecule has 86 valence electrons. The van der Waals surface area contributed by atoms with E-state index in [2.05, 4.69) is 5.32 Å². The molecule has 1 aliphatic heterocycles. The van der Waals surface area contributed by atoms with Crippen LogP contribution >= 0.6 is 0 Å². The van der Waals surface area contributed by atoms with Crippen LogP contribution in [0.4, 0.5) is 0 Å². The molecule has 0 aromatic rings. The van der Waals surface area contributed by atoms with Gasteiger partial charge in [0.15, 0.2) is 0 Å². The normalized spacial score (nSPS) is 45.4. The Bertz CT molecular complexity index is 224. The van der Waals surface area contributed by atoms with Gasteiger partial charge in [0.25, 0.3) is 0 Å². The zero-order valence-electron chi connectivity index (χ0n) is 9.45. The molecule has 0 radical (unpaired) electrons. The van der Waals surface area contributed by atoms with E-state index in [9.17, 15) is 0 Å². The lowest BCUT2D eigenvalue weighted by Crippen LogP contribution is -2.51. The monoisotopic (exact) mass is 211 g/mol. The Kier molecular flexibility index (Phi) is 2.71. The maximum absolute atomic E-state index is 5.82. The number of ether oxygens (including phenoxy) is 2. The average Bonchev–Trinajstić information content (AvgIpc) is 2.92. The van der Waals surface area contributed by atoms with Gasteiger partial charge in [-0.05, 0) is 38.0 Å². The average molecular weight is 211 g/mol. The summed E-state index contributed by atoms with van der Waals surface area (Å²) in [5, 5.41) is 3.75.